The maximum absolute atomic E-state index is 5.57. The Morgan fingerprint density at radius 3 is 3.00 bits per heavy atom. The molecule has 0 amide bonds. The van der Waals surface area contributed by atoms with Gasteiger partial charge in [0.1, 0.15) is 11.6 Å². The zero-order chi connectivity index (χ0) is 9.26. The number of aromatic nitrogens is 2. The SMILES string of the molecule is CC1CCCN1c1cncc(N)n1. The maximum atomic E-state index is 5.57. The molecule has 1 fully saturated rings. The van der Waals surface area contributed by atoms with Crippen molar-refractivity contribution in [3.8, 4) is 0 Å². The molecular weight excluding hydrogens is 164 g/mol. The van der Waals surface area contributed by atoms with Gasteiger partial charge < -0.3 is 10.6 Å². The average molecular weight is 178 g/mol. The molecule has 0 saturated carbocycles. The van der Waals surface area contributed by atoms with E-state index in [2.05, 4.69) is 21.8 Å². The Kier molecular flexibility index (Phi) is 2.04. The van der Waals surface area contributed by atoms with Crippen molar-refractivity contribution in [1.82, 2.24) is 9.97 Å². The predicted molar refractivity (Wildman–Crippen MR) is 52.5 cm³/mol. The van der Waals surface area contributed by atoms with Gasteiger partial charge in [0, 0.05) is 12.6 Å². The lowest BCUT2D eigenvalue weighted by Gasteiger charge is -2.21. The Morgan fingerprint density at radius 2 is 2.38 bits per heavy atom. The molecule has 1 aliphatic rings. The highest BCUT2D eigenvalue weighted by Crippen LogP contribution is 2.22. The van der Waals surface area contributed by atoms with Gasteiger partial charge in [0.25, 0.3) is 0 Å². The largest absolute Gasteiger partial charge is 0.382 e. The molecule has 0 radical (unpaired) electrons. The number of anilines is 2. The van der Waals surface area contributed by atoms with Crippen LogP contribution < -0.4 is 10.6 Å². The maximum Gasteiger partial charge on any atom is 0.149 e. The number of nitrogens with two attached hydrogens (primary N) is 1. The summed E-state index contributed by atoms with van der Waals surface area (Å²) in [6, 6.07) is 0.566. The van der Waals surface area contributed by atoms with Crippen LogP contribution in [0.5, 0.6) is 0 Å². The van der Waals surface area contributed by atoms with Crippen LogP contribution in [0.25, 0.3) is 0 Å². The molecule has 1 aliphatic heterocycles. The summed E-state index contributed by atoms with van der Waals surface area (Å²) in [6.07, 6.45) is 5.82. The van der Waals surface area contributed by atoms with Crippen molar-refractivity contribution in [2.45, 2.75) is 25.8 Å². The van der Waals surface area contributed by atoms with E-state index in [1.54, 1.807) is 12.4 Å². The van der Waals surface area contributed by atoms with E-state index in [-0.39, 0.29) is 0 Å². The van der Waals surface area contributed by atoms with E-state index < -0.39 is 0 Å². The van der Waals surface area contributed by atoms with Crippen LogP contribution in [0.4, 0.5) is 11.6 Å². The molecule has 0 aliphatic carbocycles. The number of hydrogen-bond acceptors (Lipinski definition) is 4. The Balaban J connectivity index is 2.24. The van der Waals surface area contributed by atoms with Crippen molar-refractivity contribution in [3.63, 3.8) is 0 Å². The van der Waals surface area contributed by atoms with E-state index in [9.17, 15) is 0 Å². The van der Waals surface area contributed by atoms with Crippen molar-refractivity contribution in [2.24, 2.45) is 0 Å². The second-order valence-electron chi connectivity index (χ2n) is 3.49. The monoisotopic (exact) mass is 178 g/mol. The second kappa shape index (κ2) is 3.20. The molecule has 0 bridgehead atoms. The van der Waals surface area contributed by atoms with Crippen LogP contribution in [0, 0.1) is 0 Å². The minimum Gasteiger partial charge on any atom is -0.382 e. The molecule has 4 nitrogen and oxygen atoms in total. The quantitative estimate of drug-likeness (QED) is 0.698. The van der Waals surface area contributed by atoms with Gasteiger partial charge in [-0.15, -0.1) is 0 Å². The summed E-state index contributed by atoms with van der Waals surface area (Å²) in [4.78, 5) is 10.5. The summed E-state index contributed by atoms with van der Waals surface area (Å²) in [5.74, 6) is 1.40. The summed E-state index contributed by atoms with van der Waals surface area (Å²) in [7, 11) is 0. The molecule has 1 saturated heterocycles. The molecule has 0 spiro atoms. The molecule has 70 valence electrons. The molecule has 4 heteroatoms. The van der Waals surface area contributed by atoms with E-state index in [1.807, 2.05) is 0 Å². The van der Waals surface area contributed by atoms with E-state index in [0.29, 0.717) is 11.9 Å². The highest BCUT2D eigenvalue weighted by Gasteiger charge is 2.21. The first-order valence-electron chi connectivity index (χ1n) is 4.61. The van der Waals surface area contributed by atoms with Gasteiger partial charge in [-0.05, 0) is 19.8 Å². The number of nitrogen functional groups attached to an aromatic ring is 1. The summed E-state index contributed by atoms with van der Waals surface area (Å²) < 4.78 is 0. The minimum atomic E-state index is 0.497. The van der Waals surface area contributed by atoms with Gasteiger partial charge in [-0.2, -0.15) is 0 Å². The van der Waals surface area contributed by atoms with Gasteiger partial charge >= 0.3 is 0 Å². The zero-order valence-electron chi connectivity index (χ0n) is 7.77. The smallest absolute Gasteiger partial charge is 0.149 e. The van der Waals surface area contributed by atoms with E-state index in [0.717, 1.165) is 12.4 Å². The first-order chi connectivity index (χ1) is 6.27. The van der Waals surface area contributed by atoms with Crippen LogP contribution in [-0.4, -0.2) is 22.6 Å². The van der Waals surface area contributed by atoms with Gasteiger partial charge in [-0.3, -0.25) is 4.98 Å². The van der Waals surface area contributed by atoms with Crippen molar-refractivity contribution >= 4 is 11.6 Å². The molecule has 1 atom stereocenters. The topological polar surface area (TPSA) is 55.0 Å². The fourth-order valence-electron chi connectivity index (χ4n) is 1.78. The van der Waals surface area contributed by atoms with Crippen LogP contribution in [0.1, 0.15) is 19.8 Å². The first-order valence-corrected chi connectivity index (χ1v) is 4.61. The fraction of sp³-hybridized carbons (Fsp3) is 0.556. The molecule has 0 aromatic carbocycles. The van der Waals surface area contributed by atoms with Crippen molar-refractivity contribution in [3.05, 3.63) is 12.4 Å². The molecule has 1 aromatic heterocycles. The van der Waals surface area contributed by atoms with Crippen LogP contribution in [0.15, 0.2) is 12.4 Å². The predicted octanol–water partition coefficient (Wildman–Crippen LogP) is 1.05. The molecule has 2 rings (SSSR count). The average Bonchev–Trinajstić information content (AvgIpc) is 2.51. The Morgan fingerprint density at radius 1 is 1.54 bits per heavy atom. The van der Waals surface area contributed by atoms with E-state index >= 15 is 0 Å². The molecule has 13 heavy (non-hydrogen) atoms. The summed E-state index contributed by atoms with van der Waals surface area (Å²) >= 11 is 0. The first kappa shape index (κ1) is 8.29. The molecular formula is C9H14N4. The molecule has 1 unspecified atom stereocenters. The Hall–Kier alpha value is -1.32. The van der Waals surface area contributed by atoms with E-state index in [4.69, 9.17) is 5.73 Å². The number of rotatable bonds is 1. The molecule has 2 heterocycles. The van der Waals surface area contributed by atoms with Crippen molar-refractivity contribution < 1.29 is 0 Å². The lowest BCUT2D eigenvalue weighted by atomic mass is 10.2. The standard InChI is InChI=1S/C9H14N4/c1-7-3-2-4-13(7)9-6-11-5-8(10)12-9/h5-7H,2-4H2,1H3,(H2,10,12). The van der Waals surface area contributed by atoms with Gasteiger partial charge in [-0.25, -0.2) is 4.98 Å². The number of nitrogens with zero attached hydrogens (tertiary/aromatic N) is 3. The van der Waals surface area contributed by atoms with Crippen molar-refractivity contribution in [1.29, 1.82) is 0 Å². The fourth-order valence-corrected chi connectivity index (χ4v) is 1.78. The van der Waals surface area contributed by atoms with Gasteiger partial charge in [-0.1, -0.05) is 0 Å². The van der Waals surface area contributed by atoms with Crippen LogP contribution in [0.2, 0.25) is 0 Å². The third-order valence-electron chi connectivity index (χ3n) is 2.49. The third kappa shape index (κ3) is 1.56. The zero-order valence-corrected chi connectivity index (χ0v) is 7.77. The van der Waals surface area contributed by atoms with E-state index in [1.165, 1.54) is 12.8 Å². The molecule has 2 N–H and O–H groups in total. The lowest BCUT2D eigenvalue weighted by molar-refractivity contribution is 0.726. The van der Waals surface area contributed by atoms with Crippen LogP contribution in [-0.2, 0) is 0 Å². The number of hydrogen-bond donors (Lipinski definition) is 1. The lowest BCUT2D eigenvalue weighted by Crippen LogP contribution is -2.27. The third-order valence-corrected chi connectivity index (χ3v) is 2.49. The summed E-state index contributed by atoms with van der Waals surface area (Å²) in [5, 5.41) is 0. The Labute approximate surface area is 77.8 Å². The highest BCUT2D eigenvalue weighted by molar-refractivity contribution is 5.43. The van der Waals surface area contributed by atoms with Gasteiger partial charge in [0.2, 0.25) is 0 Å². The normalized spacial score (nSPS) is 22.2. The second-order valence-corrected chi connectivity index (χ2v) is 3.49. The van der Waals surface area contributed by atoms with Gasteiger partial charge in [0.05, 0.1) is 12.4 Å². The van der Waals surface area contributed by atoms with Crippen LogP contribution >= 0.6 is 0 Å². The summed E-state index contributed by atoms with van der Waals surface area (Å²) in [6.45, 7) is 3.27. The van der Waals surface area contributed by atoms with Gasteiger partial charge in [0.15, 0.2) is 0 Å². The minimum absolute atomic E-state index is 0.497. The Bertz CT molecular complexity index is 299. The summed E-state index contributed by atoms with van der Waals surface area (Å²) in [5.41, 5.74) is 5.57. The van der Waals surface area contributed by atoms with Crippen molar-refractivity contribution in [2.75, 3.05) is 17.2 Å². The molecule has 1 aromatic rings. The van der Waals surface area contributed by atoms with Crippen LogP contribution in [0.3, 0.4) is 0 Å². The highest BCUT2D eigenvalue weighted by atomic mass is 15.2.